The summed E-state index contributed by atoms with van der Waals surface area (Å²) in [5.74, 6) is 5.45. The molecule has 1 heterocycles. The van der Waals surface area contributed by atoms with Crippen LogP contribution in [0.5, 0.6) is 0 Å². The Kier molecular flexibility index (Phi) is 7.08. The van der Waals surface area contributed by atoms with Crippen LogP contribution in [-0.2, 0) is 6.54 Å². The van der Waals surface area contributed by atoms with Crippen LogP contribution in [0.2, 0.25) is 5.02 Å². The minimum atomic E-state index is 0.0889. The molecule has 0 spiro atoms. The summed E-state index contributed by atoms with van der Waals surface area (Å²) in [6.07, 6.45) is 0. The van der Waals surface area contributed by atoms with Crippen LogP contribution in [0.25, 0.3) is 0 Å². The molecular formula is C21H26ClN5OS. The first-order valence-electron chi connectivity index (χ1n) is 9.54. The predicted molar refractivity (Wildman–Crippen MR) is 122 cm³/mol. The van der Waals surface area contributed by atoms with E-state index in [0.717, 1.165) is 42.0 Å². The molecule has 1 saturated heterocycles. The quantitative estimate of drug-likeness (QED) is 0.392. The lowest BCUT2D eigenvalue weighted by Crippen LogP contribution is -2.53. The molecule has 0 aliphatic carbocycles. The molecule has 1 amide bonds. The van der Waals surface area contributed by atoms with E-state index < -0.39 is 0 Å². The molecule has 1 aliphatic heterocycles. The molecule has 0 aromatic heterocycles. The van der Waals surface area contributed by atoms with Crippen LogP contribution in [0.15, 0.2) is 42.5 Å². The molecule has 3 rings (SSSR count). The summed E-state index contributed by atoms with van der Waals surface area (Å²) in [7, 11) is 0. The second kappa shape index (κ2) is 9.54. The highest BCUT2D eigenvalue weighted by atomic mass is 35.5. The summed E-state index contributed by atoms with van der Waals surface area (Å²) >= 11 is 11.4. The maximum absolute atomic E-state index is 12.8. The first-order chi connectivity index (χ1) is 13.9. The Hall–Kier alpha value is -2.19. The number of anilines is 1. The molecule has 0 saturated carbocycles. The van der Waals surface area contributed by atoms with Gasteiger partial charge in [-0.3, -0.25) is 9.69 Å². The minimum absolute atomic E-state index is 0.0889. The van der Waals surface area contributed by atoms with Crippen molar-refractivity contribution >= 4 is 40.5 Å². The lowest BCUT2D eigenvalue weighted by Gasteiger charge is -2.40. The number of nitrogens with zero attached hydrogens (tertiary/aromatic N) is 2. The van der Waals surface area contributed by atoms with Crippen LogP contribution < -0.4 is 16.6 Å². The fourth-order valence-corrected chi connectivity index (χ4v) is 4.00. The Labute approximate surface area is 182 Å². The number of nitrogens with one attached hydrogen (secondary N) is 2. The highest BCUT2D eigenvalue weighted by Gasteiger charge is 2.28. The zero-order chi connectivity index (χ0) is 21.0. The molecule has 154 valence electrons. The summed E-state index contributed by atoms with van der Waals surface area (Å²) in [6, 6.07) is 13.4. The monoisotopic (exact) mass is 431 g/mol. The van der Waals surface area contributed by atoms with Gasteiger partial charge >= 0.3 is 0 Å². The standard InChI is InChI=1S/C21H26ClN5OS/c1-14-12-26(8-9-27(14)20(28)16-6-4-3-5-7-16)13-17-10-18(22)11-19(15(17)2)24-21(29)25-23/h3-7,10-11,14H,8-9,12-13,23H2,1-2H3,(H2,24,25,29)/t14-/m0/s1. The molecule has 1 fully saturated rings. The minimum Gasteiger partial charge on any atom is -0.333 e. The molecule has 1 atom stereocenters. The Morgan fingerprint density at radius 2 is 2.00 bits per heavy atom. The van der Waals surface area contributed by atoms with Gasteiger partial charge in [0.2, 0.25) is 0 Å². The lowest BCUT2D eigenvalue weighted by atomic mass is 10.0. The SMILES string of the molecule is Cc1c(CN2CCN(C(=O)c3ccccc3)[C@@H](C)C2)cc(Cl)cc1NC(=S)NN. The normalized spacial score (nSPS) is 17.1. The fourth-order valence-electron chi connectivity index (χ4n) is 3.65. The number of rotatable bonds is 4. The summed E-state index contributed by atoms with van der Waals surface area (Å²) in [5, 5.41) is 4.04. The van der Waals surface area contributed by atoms with Gasteiger partial charge in [0, 0.05) is 48.5 Å². The van der Waals surface area contributed by atoms with Crippen LogP contribution in [0.3, 0.4) is 0 Å². The number of benzene rings is 2. The molecule has 2 aromatic rings. The molecule has 1 aliphatic rings. The number of carbonyl (C=O) groups is 1. The van der Waals surface area contributed by atoms with Crippen molar-refractivity contribution in [2.24, 2.45) is 5.84 Å². The van der Waals surface area contributed by atoms with Gasteiger partial charge in [-0.15, -0.1) is 0 Å². The van der Waals surface area contributed by atoms with E-state index in [1.165, 1.54) is 0 Å². The van der Waals surface area contributed by atoms with E-state index in [-0.39, 0.29) is 11.9 Å². The predicted octanol–water partition coefficient (Wildman–Crippen LogP) is 3.16. The Morgan fingerprint density at radius 3 is 2.66 bits per heavy atom. The lowest BCUT2D eigenvalue weighted by molar-refractivity contribution is 0.0475. The van der Waals surface area contributed by atoms with E-state index >= 15 is 0 Å². The molecule has 4 N–H and O–H groups in total. The van der Waals surface area contributed by atoms with Crippen molar-refractivity contribution in [1.82, 2.24) is 15.2 Å². The molecule has 0 unspecified atom stereocenters. The highest BCUT2D eigenvalue weighted by molar-refractivity contribution is 7.80. The van der Waals surface area contributed by atoms with Gasteiger partial charge in [0.1, 0.15) is 0 Å². The van der Waals surface area contributed by atoms with E-state index in [2.05, 4.69) is 22.6 Å². The van der Waals surface area contributed by atoms with Crippen molar-refractivity contribution in [3.63, 3.8) is 0 Å². The average Bonchev–Trinajstić information content (AvgIpc) is 2.71. The summed E-state index contributed by atoms with van der Waals surface area (Å²) in [6.45, 7) is 7.18. The first kappa shape index (κ1) is 21.5. The molecular weight excluding hydrogens is 406 g/mol. The van der Waals surface area contributed by atoms with Gasteiger partial charge in [-0.2, -0.15) is 0 Å². The number of hydrogen-bond donors (Lipinski definition) is 3. The van der Waals surface area contributed by atoms with E-state index in [4.69, 9.17) is 29.7 Å². The second-order valence-corrected chi connectivity index (χ2v) is 8.13. The number of halogens is 1. The third kappa shape index (κ3) is 5.25. The molecule has 0 bridgehead atoms. The van der Waals surface area contributed by atoms with Crippen molar-refractivity contribution in [2.75, 3.05) is 25.0 Å². The third-order valence-electron chi connectivity index (χ3n) is 5.25. The van der Waals surface area contributed by atoms with E-state index in [1.807, 2.05) is 54.3 Å². The second-order valence-electron chi connectivity index (χ2n) is 7.28. The number of amides is 1. The van der Waals surface area contributed by atoms with Crippen molar-refractivity contribution in [1.29, 1.82) is 0 Å². The van der Waals surface area contributed by atoms with Crippen molar-refractivity contribution < 1.29 is 4.79 Å². The van der Waals surface area contributed by atoms with E-state index in [1.54, 1.807) is 0 Å². The molecule has 8 heteroatoms. The van der Waals surface area contributed by atoms with Gasteiger partial charge in [0.15, 0.2) is 5.11 Å². The first-order valence-corrected chi connectivity index (χ1v) is 10.3. The number of thiocarbonyl (C=S) groups is 1. The number of carbonyl (C=O) groups excluding carboxylic acids is 1. The highest BCUT2D eigenvalue weighted by Crippen LogP contribution is 2.27. The Balaban J connectivity index is 1.68. The molecule has 29 heavy (non-hydrogen) atoms. The smallest absolute Gasteiger partial charge is 0.254 e. The number of hydrogen-bond acceptors (Lipinski definition) is 4. The molecule has 2 aromatic carbocycles. The third-order valence-corrected chi connectivity index (χ3v) is 5.68. The van der Waals surface area contributed by atoms with Crippen LogP contribution in [0.1, 0.15) is 28.4 Å². The summed E-state index contributed by atoms with van der Waals surface area (Å²) in [4.78, 5) is 17.1. The largest absolute Gasteiger partial charge is 0.333 e. The van der Waals surface area contributed by atoms with Crippen LogP contribution in [0, 0.1) is 6.92 Å². The number of hydrazine groups is 1. The zero-order valence-electron chi connectivity index (χ0n) is 16.6. The zero-order valence-corrected chi connectivity index (χ0v) is 18.2. The van der Waals surface area contributed by atoms with Gasteiger partial charge in [-0.25, -0.2) is 5.84 Å². The summed E-state index contributed by atoms with van der Waals surface area (Å²) in [5.41, 5.74) is 6.19. The average molecular weight is 432 g/mol. The topological polar surface area (TPSA) is 73.6 Å². The van der Waals surface area contributed by atoms with Crippen LogP contribution >= 0.6 is 23.8 Å². The van der Waals surface area contributed by atoms with Gasteiger partial charge < -0.3 is 15.6 Å². The number of nitrogens with two attached hydrogens (primary N) is 1. The Bertz CT molecular complexity index is 892. The van der Waals surface area contributed by atoms with Crippen molar-refractivity contribution in [3.8, 4) is 0 Å². The van der Waals surface area contributed by atoms with E-state index in [9.17, 15) is 4.79 Å². The van der Waals surface area contributed by atoms with Gasteiger partial charge in [0.25, 0.3) is 5.91 Å². The van der Waals surface area contributed by atoms with Crippen molar-refractivity contribution in [2.45, 2.75) is 26.4 Å². The summed E-state index contributed by atoms with van der Waals surface area (Å²) < 4.78 is 0. The molecule has 6 nitrogen and oxygen atoms in total. The van der Waals surface area contributed by atoms with E-state index in [0.29, 0.717) is 16.7 Å². The van der Waals surface area contributed by atoms with Crippen molar-refractivity contribution in [3.05, 3.63) is 64.2 Å². The van der Waals surface area contributed by atoms with Gasteiger partial charge in [-0.05, 0) is 61.5 Å². The number of piperazine rings is 1. The van der Waals surface area contributed by atoms with Crippen LogP contribution in [-0.4, -0.2) is 46.5 Å². The van der Waals surface area contributed by atoms with Gasteiger partial charge in [-0.1, -0.05) is 29.8 Å². The maximum atomic E-state index is 12.8. The maximum Gasteiger partial charge on any atom is 0.254 e. The molecule has 0 radical (unpaired) electrons. The van der Waals surface area contributed by atoms with Gasteiger partial charge in [0.05, 0.1) is 0 Å². The fraction of sp³-hybridized carbons (Fsp3) is 0.333. The Morgan fingerprint density at radius 1 is 1.28 bits per heavy atom. The van der Waals surface area contributed by atoms with Crippen LogP contribution in [0.4, 0.5) is 5.69 Å².